The topological polar surface area (TPSA) is 93.6 Å². The highest BCUT2D eigenvalue weighted by molar-refractivity contribution is 6.03. The molecule has 35 heavy (non-hydrogen) atoms. The van der Waals surface area contributed by atoms with Crippen molar-refractivity contribution in [2.75, 3.05) is 39.8 Å². The van der Waals surface area contributed by atoms with Gasteiger partial charge in [-0.05, 0) is 48.8 Å². The van der Waals surface area contributed by atoms with E-state index in [1.165, 1.54) is 11.0 Å². The summed E-state index contributed by atoms with van der Waals surface area (Å²) in [6, 6.07) is 8.19. The maximum atomic E-state index is 13.3. The van der Waals surface area contributed by atoms with Crippen molar-refractivity contribution < 1.29 is 24.5 Å². The minimum atomic E-state index is -0.395. The number of fused-ring (bicyclic) bond motifs is 1. The standard InChI is InChI=1S/C27H37N3O5/c1-5-8-11-28(4)26(33)22-15-23(25(32)16-24(22)31)27(34)30-17-19-9-10-21(14-20(19)18-30)35-13-12-29(6-2)7-3/h9-10,14-16,31-32H,5-8,11-13,17-18H2,1-4H3. The van der Waals surface area contributed by atoms with Crippen molar-refractivity contribution >= 4 is 11.8 Å². The fraction of sp³-hybridized carbons (Fsp3) is 0.481. The fourth-order valence-corrected chi connectivity index (χ4v) is 4.23. The van der Waals surface area contributed by atoms with Gasteiger partial charge in [0.15, 0.2) is 0 Å². The highest BCUT2D eigenvalue weighted by atomic mass is 16.5. The molecule has 0 aromatic heterocycles. The van der Waals surface area contributed by atoms with E-state index in [1.54, 1.807) is 11.9 Å². The van der Waals surface area contributed by atoms with Gasteiger partial charge in [-0.1, -0.05) is 33.3 Å². The third-order valence-corrected chi connectivity index (χ3v) is 6.53. The number of likely N-dealkylation sites (N-methyl/N-ethyl adjacent to an activating group) is 1. The number of benzene rings is 2. The molecule has 2 aromatic rings. The number of phenolic OH excluding ortho intramolecular Hbond substituents is 2. The number of ether oxygens (including phenoxy) is 1. The Bertz CT molecular complexity index is 1050. The molecule has 1 aliphatic rings. The van der Waals surface area contributed by atoms with E-state index < -0.39 is 5.91 Å². The predicted molar refractivity (Wildman–Crippen MR) is 135 cm³/mol. The predicted octanol–water partition coefficient (Wildman–Crippen LogP) is 3.85. The van der Waals surface area contributed by atoms with Crippen LogP contribution in [0.25, 0.3) is 0 Å². The molecule has 8 heteroatoms. The van der Waals surface area contributed by atoms with Crippen molar-refractivity contribution in [3.05, 3.63) is 52.6 Å². The van der Waals surface area contributed by atoms with Crippen molar-refractivity contribution in [1.29, 1.82) is 0 Å². The van der Waals surface area contributed by atoms with Gasteiger partial charge >= 0.3 is 0 Å². The van der Waals surface area contributed by atoms with E-state index in [0.29, 0.717) is 26.2 Å². The van der Waals surface area contributed by atoms with Crippen LogP contribution in [0, 0.1) is 0 Å². The lowest BCUT2D eigenvalue weighted by Crippen LogP contribution is -2.29. The van der Waals surface area contributed by atoms with Crippen LogP contribution in [0.5, 0.6) is 17.2 Å². The van der Waals surface area contributed by atoms with Crippen LogP contribution in [0.15, 0.2) is 30.3 Å². The molecule has 0 fully saturated rings. The molecular formula is C27H37N3O5. The van der Waals surface area contributed by atoms with Gasteiger partial charge in [0, 0.05) is 39.3 Å². The average molecular weight is 484 g/mol. The van der Waals surface area contributed by atoms with Crippen molar-refractivity contribution in [3.63, 3.8) is 0 Å². The minimum absolute atomic E-state index is 0.00135. The normalized spacial score (nSPS) is 12.7. The number of aromatic hydroxyl groups is 2. The van der Waals surface area contributed by atoms with E-state index in [-0.39, 0.29) is 28.5 Å². The molecule has 0 atom stereocenters. The molecule has 2 amide bonds. The van der Waals surface area contributed by atoms with E-state index in [9.17, 15) is 19.8 Å². The van der Waals surface area contributed by atoms with Gasteiger partial charge in [0.05, 0.1) is 11.1 Å². The number of unbranched alkanes of at least 4 members (excludes halogenated alkanes) is 1. The largest absolute Gasteiger partial charge is 0.507 e. The number of phenols is 2. The van der Waals surface area contributed by atoms with Crippen molar-refractivity contribution in [3.8, 4) is 17.2 Å². The van der Waals surface area contributed by atoms with Crippen LogP contribution < -0.4 is 4.74 Å². The monoisotopic (exact) mass is 483 g/mol. The molecule has 1 aliphatic heterocycles. The van der Waals surface area contributed by atoms with Crippen LogP contribution in [-0.4, -0.2) is 76.6 Å². The van der Waals surface area contributed by atoms with E-state index in [1.807, 2.05) is 25.1 Å². The zero-order chi connectivity index (χ0) is 25.5. The van der Waals surface area contributed by atoms with E-state index in [0.717, 1.165) is 55.4 Å². The summed E-state index contributed by atoms with van der Waals surface area (Å²) in [4.78, 5) is 31.5. The van der Waals surface area contributed by atoms with Gasteiger partial charge in [0.1, 0.15) is 23.9 Å². The summed E-state index contributed by atoms with van der Waals surface area (Å²) in [5.41, 5.74) is 2.01. The number of amides is 2. The second-order valence-corrected chi connectivity index (χ2v) is 8.93. The molecule has 2 N–H and O–H groups in total. The van der Waals surface area contributed by atoms with Crippen LogP contribution >= 0.6 is 0 Å². The van der Waals surface area contributed by atoms with Crippen molar-refractivity contribution in [2.45, 2.75) is 46.7 Å². The molecular weight excluding hydrogens is 446 g/mol. The number of hydrogen-bond donors (Lipinski definition) is 2. The van der Waals surface area contributed by atoms with Crippen LogP contribution in [0.4, 0.5) is 0 Å². The van der Waals surface area contributed by atoms with Crippen molar-refractivity contribution in [2.24, 2.45) is 0 Å². The second-order valence-electron chi connectivity index (χ2n) is 8.93. The van der Waals surface area contributed by atoms with Crippen LogP contribution in [0.1, 0.15) is 65.5 Å². The minimum Gasteiger partial charge on any atom is -0.507 e. The maximum Gasteiger partial charge on any atom is 0.258 e. The molecule has 0 radical (unpaired) electrons. The molecule has 3 rings (SSSR count). The summed E-state index contributed by atoms with van der Waals surface area (Å²) < 4.78 is 5.92. The van der Waals surface area contributed by atoms with Crippen LogP contribution in [0.2, 0.25) is 0 Å². The van der Waals surface area contributed by atoms with Gasteiger partial charge in [0.2, 0.25) is 0 Å². The second kappa shape index (κ2) is 11.9. The summed E-state index contributed by atoms with van der Waals surface area (Å²) in [7, 11) is 1.66. The van der Waals surface area contributed by atoms with Gasteiger partial charge in [-0.3, -0.25) is 9.59 Å². The summed E-state index contributed by atoms with van der Waals surface area (Å²) in [5, 5.41) is 20.7. The van der Waals surface area contributed by atoms with Crippen molar-refractivity contribution in [1.82, 2.24) is 14.7 Å². The third-order valence-electron chi connectivity index (χ3n) is 6.53. The fourth-order valence-electron chi connectivity index (χ4n) is 4.23. The summed E-state index contributed by atoms with van der Waals surface area (Å²) >= 11 is 0. The first-order valence-electron chi connectivity index (χ1n) is 12.4. The van der Waals surface area contributed by atoms with Crippen LogP contribution in [-0.2, 0) is 13.1 Å². The lowest BCUT2D eigenvalue weighted by molar-refractivity contribution is 0.0748. The lowest BCUT2D eigenvalue weighted by atomic mass is 10.1. The Balaban J connectivity index is 1.71. The number of nitrogens with zero attached hydrogens (tertiary/aromatic N) is 3. The Hall–Kier alpha value is -3.26. The highest BCUT2D eigenvalue weighted by Crippen LogP contribution is 2.33. The zero-order valence-electron chi connectivity index (χ0n) is 21.2. The highest BCUT2D eigenvalue weighted by Gasteiger charge is 2.28. The number of hydrogen-bond acceptors (Lipinski definition) is 6. The maximum absolute atomic E-state index is 13.3. The molecule has 0 bridgehead atoms. The first-order valence-corrected chi connectivity index (χ1v) is 12.4. The third kappa shape index (κ3) is 6.25. The molecule has 1 heterocycles. The van der Waals surface area contributed by atoms with E-state index in [4.69, 9.17) is 4.74 Å². The molecule has 0 spiro atoms. The van der Waals surface area contributed by atoms with E-state index >= 15 is 0 Å². The quantitative estimate of drug-likeness (QED) is 0.504. The lowest BCUT2D eigenvalue weighted by Gasteiger charge is -2.20. The summed E-state index contributed by atoms with van der Waals surface area (Å²) in [5.74, 6) is -0.713. The van der Waals surface area contributed by atoms with E-state index in [2.05, 4.69) is 18.7 Å². The Morgan fingerprint density at radius 2 is 1.63 bits per heavy atom. The van der Waals surface area contributed by atoms with Gasteiger partial charge in [-0.25, -0.2) is 0 Å². The summed E-state index contributed by atoms with van der Waals surface area (Å²) in [6.45, 7) is 11.0. The van der Waals surface area contributed by atoms with Crippen LogP contribution in [0.3, 0.4) is 0 Å². The molecule has 0 saturated carbocycles. The first-order chi connectivity index (χ1) is 16.8. The Morgan fingerprint density at radius 3 is 2.31 bits per heavy atom. The smallest absolute Gasteiger partial charge is 0.258 e. The Labute approximate surface area is 207 Å². The van der Waals surface area contributed by atoms with Gasteiger partial charge in [-0.15, -0.1) is 0 Å². The zero-order valence-corrected chi connectivity index (χ0v) is 21.2. The number of rotatable bonds is 11. The SMILES string of the molecule is CCCCN(C)C(=O)c1cc(C(=O)N2Cc3ccc(OCCN(CC)CC)cc3C2)c(O)cc1O. The average Bonchev–Trinajstić information content (AvgIpc) is 3.28. The molecule has 2 aromatic carbocycles. The summed E-state index contributed by atoms with van der Waals surface area (Å²) in [6.07, 6.45) is 1.77. The van der Waals surface area contributed by atoms with Gasteiger partial charge < -0.3 is 29.6 Å². The van der Waals surface area contributed by atoms with Gasteiger partial charge in [0.25, 0.3) is 11.8 Å². The number of carbonyl (C=O) groups excluding carboxylic acids is 2. The Morgan fingerprint density at radius 1 is 0.943 bits per heavy atom. The molecule has 0 saturated heterocycles. The number of carbonyl (C=O) groups is 2. The Kier molecular flexibility index (Phi) is 8.98. The molecule has 0 unspecified atom stereocenters. The molecule has 8 nitrogen and oxygen atoms in total. The van der Waals surface area contributed by atoms with Gasteiger partial charge in [-0.2, -0.15) is 0 Å². The first kappa shape index (κ1) is 26.3. The molecule has 190 valence electrons. The molecule has 0 aliphatic carbocycles.